The van der Waals surface area contributed by atoms with Crippen molar-refractivity contribution in [1.29, 1.82) is 0 Å². The zero-order valence-electron chi connectivity index (χ0n) is 14.4. The molecule has 5 nitrogen and oxygen atoms in total. The van der Waals surface area contributed by atoms with Gasteiger partial charge in [-0.2, -0.15) is 0 Å². The number of aromatic hydroxyl groups is 1. The van der Waals surface area contributed by atoms with Crippen LogP contribution in [0.5, 0.6) is 5.75 Å². The van der Waals surface area contributed by atoms with Gasteiger partial charge in [-0.1, -0.05) is 39.0 Å². The third kappa shape index (κ3) is 4.32. The van der Waals surface area contributed by atoms with Gasteiger partial charge in [0, 0.05) is 5.56 Å². The molecule has 0 fully saturated rings. The van der Waals surface area contributed by atoms with Crippen molar-refractivity contribution in [1.82, 2.24) is 0 Å². The first kappa shape index (κ1) is 18.4. The van der Waals surface area contributed by atoms with E-state index in [4.69, 9.17) is 5.11 Å². The van der Waals surface area contributed by atoms with E-state index in [1.165, 1.54) is 30.3 Å². The first-order chi connectivity index (χ1) is 11.6. The van der Waals surface area contributed by atoms with Gasteiger partial charge in [-0.05, 0) is 35.2 Å². The minimum absolute atomic E-state index is 0.0679. The molecule has 0 aliphatic carbocycles. The Morgan fingerprint density at radius 2 is 1.44 bits per heavy atom. The molecule has 0 saturated heterocycles. The molecule has 0 aliphatic rings. The van der Waals surface area contributed by atoms with Crippen LogP contribution in [0, 0.1) is 0 Å². The largest absolute Gasteiger partial charge is 0.507 e. The van der Waals surface area contributed by atoms with Crippen molar-refractivity contribution in [3.63, 3.8) is 0 Å². The molecule has 0 aliphatic heterocycles. The molecule has 0 amide bonds. The highest BCUT2D eigenvalue weighted by molar-refractivity contribution is 6.14. The van der Waals surface area contributed by atoms with Gasteiger partial charge in [0.2, 0.25) is 0 Å². The van der Waals surface area contributed by atoms with E-state index in [2.05, 4.69) is 0 Å². The number of aromatic carboxylic acids is 1. The zero-order valence-corrected chi connectivity index (χ0v) is 14.4. The molecular formula is C20H20O5. The van der Waals surface area contributed by atoms with Gasteiger partial charge >= 0.3 is 5.97 Å². The van der Waals surface area contributed by atoms with Crippen molar-refractivity contribution in [3.8, 4) is 5.75 Å². The standard InChI is InChI=1S/C20H20O5/c1-20(2,3)14-8-9-15(17(22)10-14)18(23)11-16(21)12-4-6-13(7-5-12)19(24)25/h4-10,22H,11H2,1-3H3,(H,24,25). The average molecular weight is 340 g/mol. The van der Waals surface area contributed by atoms with Crippen LogP contribution in [0.15, 0.2) is 42.5 Å². The van der Waals surface area contributed by atoms with E-state index >= 15 is 0 Å². The lowest BCUT2D eigenvalue weighted by Gasteiger charge is -2.19. The van der Waals surface area contributed by atoms with Crippen molar-refractivity contribution in [2.45, 2.75) is 32.6 Å². The van der Waals surface area contributed by atoms with E-state index in [0.717, 1.165) is 5.56 Å². The van der Waals surface area contributed by atoms with Crippen molar-refractivity contribution < 1.29 is 24.6 Å². The van der Waals surface area contributed by atoms with Gasteiger partial charge in [0.1, 0.15) is 5.75 Å². The van der Waals surface area contributed by atoms with Gasteiger partial charge < -0.3 is 10.2 Å². The number of phenols is 1. The van der Waals surface area contributed by atoms with Gasteiger partial charge in [0.25, 0.3) is 0 Å². The quantitative estimate of drug-likeness (QED) is 0.637. The number of ketones is 2. The van der Waals surface area contributed by atoms with Crippen LogP contribution >= 0.6 is 0 Å². The van der Waals surface area contributed by atoms with Gasteiger partial charge in [-0.25, -0.2) is 4.79 Å². The number of carboxylic acids is 1. The summed E-state index contributed by atoms with van der Waals surface area (Å²) < 4.78 is 0. The number of carbonyl (C=O) groups is 3. The molecule has 2 rings (SSSR count). The minimum Gasteiger partial charge on any atom is -0.507 e. The second kappa shape index (κ2) is 6.89. The van der Waals surface area contributed by atoms with Crippen LogP contribution in [0.4, 0.5) is 0 Å². The molecule has 0 atom stereocenters. The van der Waals surface area contributed by atoms with E-state index in [0.29, 0.717) is 0 Å². The Balaban J connectivity index is 2.16. The number of hydrogen-bond acceptors (Lipinski definition) is 4. The van der Waals surface area contributed by atoms with Gasteiger partial charge in [0.05, 0.1) is 17.5 Å². The smallest absolute Gasteiger partial charge is 0.335 e. The van der Waals surface area contributed by atoms with Crippen LogP contribution in [0.3, 0.4) is 0 Å². The summed E-state index contributed by atoms with van der Waals surface area (Å²) in [6, 6.07) is 10.2. The summed E-state index contributed by atoms with van der Waals surface area (Å²) in [7, 11) is 0. The number of benzene rings is 2. The second-order valence-electron chi connectivity index (χ2n) is 6.89. The molecule has 0 aromatic heterocycles. The van der Waals surface area contributed by atoms with Crippen molar-refractivity contribution in [3.05, 3.63) is 64.7 Å². The summed E-state index contributed by atoms with van der Waals surface area (Å²) in [5, 5.41) is 19.0. The average Bonchev–Trinajstić information content (AvgIpc) is 2.53. The number of Topliss-reactive ketones (excluding diaryl/α,β-unsaturated/α-hetero) is 2. The molecule has 130 valence electrons. The van der Waals surface area contributed by atoms with Crippen LogP contribution in [-0.4, -0.2) is 27.7 Å². The van der Waals surface area contributed by atoms with E-state index in [1.54, 1.807) is 12.1 Å². The molecule has 25 heavy (non-hydrogen) atoms. The van der Waals surface area contributed by atoms with Gasteiger partial charge in [0.15, 0.2) is 11.6 Å². The highest BCUT2D eigenvalue weighted by atomic mass is 16.4. The predicted molar refractivity (Wildman–Crippen MR) is 93.5 cm³/mol. The molecule has 0 spiro atoms. The Bertz CT molecular complexity index is 826. The van der Waals surface area contributed by atoms with Crippen molar-refractivity contribution >= 4 is 17.5 Å². The third-order valence-corrected chi connectivity index (χ3v) is 3.94. The Labute approximate surface area is 145 Å². The number of hydrogen-bond donors (Lipinski definition) is 2. The number of phenolic OH excluding ortho intramolecular Hbond substituents is 1. The van der Waals surface area contributed by atoms with Crippen LogP contribution in [0.2, 0.25) is 0 Å². The minimum atomic E-state index is -1.08. The fraction of sp³-hybridized carbons (Fsp3) is 0.250. The number of rotatable bonds is 5. The summed E-state index contributed by atoms with van der Waals surface area (Å²) in [6.07, 6.45) is -0.394. The SMILES string of the molecule is CC(C)(C)c1ccc(C(=O)CC(=O)c2ccc(C(=O)O)cc2)c(O)c1. The Hall–Kier alpha value is -2.95. The molecule has 2 aromatic rings. The van der Waals surface area contributed by atoms with E-state index in [9.17, 15) is 19.5 Å². The summed E-state index contributed by atoms with van der Waals surface area (Å²) in [6.45, 7) is 5.98. The first-order valence-electron chi connectivity index (χ1n) is 7.83. The molecule has 0 radical (unpaired) electrons. The lowest BCUT2D eigenvalue weighted by Crippen LogP contribution is -2.13. The summed E-state index contributed by atoms with van der Waals surface area (Å²) in [4.78, 5) is 35.3. The normalized spacial score (nSPS) is 11.2. The molecule has 0 saturated carbocycles. The fourth-order valence-corrected chi connectivity index (χ4v) is 2.38. The highest BCUT2D eigenvalue weighted by Gasteiger charge is 2.20. The summed E-state index contributed by atoms with van der Waals surface area (Å²) in [5.74, 6) is -2.14. The van der Waals surface area contributed by atoms with Crippen LogP contribution in [0.1, 0.15) is 63.8 Å². The van der Waals surface area contributed by atoms with Crippen LogP contribution in [-0.2, 0) is 5.41 Å². The van der Waals surface area contributed by atoms with Crippen molar-refractivity contribution in [2.24, 2.45) is 0 Å². The molecule has 2 N–H and O–H groups in total. The molecular weight excluding hydrogens is 320 g/mol. The van der Waals surface area contributed by atoms with Crippen molar-refractivity contribution in [2.75, 3.05) is 0 Å². The zero-order chi connectivity index (χ0) is 18.8. The van der Waals surface area contributed by atoms with Crippen LogP contribution < -0.4 is 0 Å². The first-order valence-corrected chi connectivity index (χ1v) is 7.83. The third-order valence-electron chi connectivity index (χ3n) is 3.94. The maximum atomic E-state index is 12.3. The maximum absolute atomic E-state index is 12.3. The Morgan fingerprint density at radius 1 is 0.880 bits per heavy atom. The maximum Gasteiger partial charge on any atom is 0.335 e. The molecule has 5 heteroatoms. The number of carbonyl (C=O) groups excluding carboxylic acids is 2. The molecule has 2 aromatic carbocycles. The second-order valence-corrected chi connectivity index (χ2v) is 6.89. The van der Waals surface area contributed by atoms with E-state index in [-0.39, 0.29) is 27.9 Å². The van der Waals surface area contributed by atoms with Gasteiger partial charge in [-0.15, -0.1) is 0 Å². The summed E-state index contributed by atoms with van der Waals surface area (Å²) >= 11 is 0. The topological polar surface area (TPSA) is 91.7 Å². The summed E-state index contributed by atoms with van der Waals surface area (Å²) in [5.41, 5.74) is 1.14. The van der Waals surface area contributed by atoms with E-state index < -0.39 is 24.0 Å². The monoisotopic (exact) mass is 340 g/mol. The van der Waals surface area contributed by atoms with Crippen LogP contribution in [0.25, 0.3) is 0 Å². The lowest BCUT2D eigenvalue weighted by molar-refractivity contribution is 0.0695. The molecule has 0 heterocycles. The number of carboxylic acid groups (broad SMARTS) is 1. The molecule has 0 bridgehead atoms. The Kier molecular flexibility index (Phi) is 5.07. The highest BCUT2D eigenvalue weighted by Crippen LogP contribution is 2.28. The predicted octanol–water partition coefficient (Wildman–Crippen LogP) is 3.84. The van der Waals surface area contributed by atoms with E-state index in [1.807, 2.05) is 20.8 Å². The molecule has 0 unspecified atom stereocenters. The fourth-order valence-electron chi connectivity index (χ4n) is 2.38. The lowest BCUT2D eigenvalue weighted by atomic mass is 9.86. The Morgan fingerprint density at radius 3 is 1.92 bits per heavy atom. The van der Waals surface area contributed by atoms with Gasteiger partial charge in [-0.3, -0.25) is 9.59 Å².